The van der Waals surface area contributed by atoms with E-state index in [0.29, 0.717) is 50.8 Å². The van der Waals surface area contributed by atoms with Crippen LogP contribution in [0, 0.1) is 0 Å². The number of benzene rings is 3. The molecule has 1 aliphatic rings. The molecule has 0 saturated carbocycles. The molecule has 11 heteroatoms. The van der Waals surface area contributed by atoms with Gasteiger partial charge in [0.1, 0.15) is 17.5 Å². The summed E-state index contributed by atoms with van der Waals surface area (Å²) < 4.78 is 43.7. The monoisotopic (exact) mass is 609 g/mol. The quantitative estimate of drug-likeness (QED) is 0.299. The maximum absolute atomic E-state index is 13.8. The summed E-state index contributed by atoms with van der Waals surface area (Å²) in [5.74, 6) is 0.401. The number of rotatable bonds is 14. The first kappa shape index (κ1) is 32.0. The predicted molar refractivity (Wildman–Crippen MR) is 162 cm³/mol. The molecule has 10 nitrogen and oxygen atoms in total. The minimum Gasteiger partial charge on any atom is -0.497 e. The van der Waals surface area contributed by atoms with Crippen LogP contribution in [0.3, 0.4) is 0 Å². The van der Waals surface area contributed by atoms with Crippen molar-refractivity contribution < 1.29 is 32.2 Å². The lowest BCUT2D eigenvalue weighted by molar-refractivity contribution is -0.142. The first-order valence-corrected chi connectivity index (χ1v) is 15.8. The largest absolute Gasteiger partial charge is 0.497 e. The fourth-order valence-electron chi connectivity index (χ4n) is 4.72. The standard InChI is InChI=1S/C32H39N3O7S/c1-3-17-33-32(37)30(22-25-7-5-4-6-8-25)35(23-26-9-11-27(40-2)12-10-26)31(36)24-42-28-13-15-29(16-14-28)43(38,39)34-18-20-41-21-19-34/h4-16,30H,3,17-24H2,1-2H3,(H,33,37)/t30-/m0/s1. The maximum Gasteiger partial charge on any atom is 0.261 e. The molecule has 3 aromatic carbocycles. The van der Waals surface area contributed by atoms with Gasteiger partial charge in [-0.3, -0.25) is 9.59 Å². The topological polar surface area (TPSA) is 114 Å². The molecule has 0 aromatic heterocycles. The van der Waals surface area contributed by atoms with Crippen molar-refractivity contribution in [2.75, 3.05) is 46.6 Å². The number of carbonyl (C=O) groups excluding carboxylic acids is 2. The van der Waals surface area contributed by atoms with Crippen molar-refractivity contribution in [3.05, 3.63) is 90.0 Å². The van der Waals surface area contributed by atoms with E-state index in [0.717, 1.165) is 17.5 Å². The molecule has 4 rings (SSSR count). The summed E-state index contributed by atoms with van der Waals surface area (Å²) in [6.45, 7) is 3.62. The van der Waals surface area contributed by atoms with Crippen molar-refractivity contribution in [2.24, 2.45) is 0 Å². The van der Waals surface area contributed by atoms with Gasteiger partial charge in [0.2, 0.25) is 15.9 Å². The normalized spacial score (nSPS) is 14.5. The number of morpholine rings is 1. The molecular formula is C32H39N3O7S. The Bertz CT molecular complexity index is 1430. The zero-order valence-electron chi connectivity index (χ0n) is 24.6. The molecule has 43 heavy (non-hydrogen) atoms. The van der Waals surface area contributed by atoms with E-state index in [1.807, 2.05) is 61.5 Å². The van der Waals surface area contributed by atoms with Crippen LogP contribution in [0.1, 0.15) is 24.5 Å². The van der Waals surface area contributed by atoms with Crippen molar-refractivity contribution in [2.45, 2.75) is 37.2 Å². The van der Waals surface area contributed by atoms with Crippen LogP contribution in [0.15, 0.2) is 83.8 Å². The lowest BCUT2D eigenvalue weighted by atomic mass is 10.0. The van der Waals surface area contributed by atoms with Gasteiger partial charge in [-0.25, -0.2) is 8.42 Å². The number of amides is 2. The summed E-state index contributed by atoms with van der Waals surface area (Å²) >= 11 is 0. The number of hydrogen-bond donors (Lipinski definition) is 1. The third kappa shape index (κ3) is 8.79. The molecule has 1 N–H and O–H groups in total. The molecule has 0 aliphatic carbocycles. The van der Waals surface area contributed by atoms with Crippen LogP contribution in [-0.2, 0) is 37.3 Å². The third-order valence-corrected chi connectivity index (χ3v) is 9.04. The average molecular weight is 610 g/mol. The van der Waals surface area contributed by atoms with E-state index < -0.39 is 16.1 Å². The Morgan fingerprint density at radius 2 is 1.58 bits per heavy atom. The zero-order chi connectivity index (χ0) is 30.7. The van der Waals surface area contributed by atoms with Crippen LogP contribution in [0.2, 0.25) is 0 Å². The summed E-state index contributed by atoms with van der Waals surface area (Å²) in [6.07, 6.45) is 1.09. The molecule has 0 spiro atoms. The van der Waals surface area contributed by atoms with E-state index in [1.54, 1.807) is 7.11 Å². The first-order chi connectivity index (χ1) is 20.8. The minimum atomic E-state index is -3.65. The SMILES string of the molecule is CCCNC(=O)[C@H](Cc1ccccc1)N(Cc1ccc(OC)cc1)C(=O)COc1ccc(S(=O)(=O)N2CCOCC2)cc1. The molecule has 1 aliphatic heterocycles. The molecule has 0 bridgehead atoms. The van der Waals surface area contributed by atoms with Gasteiger partial charge in [0, 0.05) is 32.6 Å². The van der Waals surface area contributed by atoms with Crippen LogP contribution in [0.25, 0.3) is 0 Å². The fraction of sp³-hybridized carbons (Fsp3) is 0.375. The van der Waals surface area contributed by atoms with Gasteiger partial charge >= 0.3 is 0 Å². The lowest BCUT2D eigenvalue weighted by Gasteiger charge is -2.31. The van der Waals surface area contributed by atoms with Gasteiger partial charge in [-0.15, -0.1) is 0 Å². The number of carbonyl (C=O) groups is 2. The summed E-state index contributed by atoms with van der Waals surface area (Å²) in [6, 6.07) is 22.1. The molecule has 3 aromatic rings. The van der Waals surface area contributed by atoms with E-state index in [9.17, 15) is 18.0 Å². The van der Waals surface area contributed by atoms with E-state index in [-0.39, 0.29) is 29.9 Å². The molecule has 1 fully saturated rings. The Morgan fingerprint density at radius 3 is 2.21 bits per heavy atom. The molecule has 2 amide bonds. The average Bonchev–Trinajstić information content (AvgIpc) is 3.05. The second-order valence-electron chi connectivity index (χ2n) is 10.1. The zero-order valence-corrected chi connectivity index (χ0v) is 25.4. The number of methoxy groups -OCH3 is 1. The van der Waals surface area contributed by atoms with Gasteiger partial charge in [-0.05, 0) is 53.9 Å². The van der Waals surface area contributed by atoms with Gasteiger partial charge in [-0.1, -0.05) is 49.4 Å². The molecular weight excluding hydrogens is 570 g/mol. The van der Waals surface area contributed by atoms with Crippen molar-refractivity contribution in [1.29, 1.82) is 0 Å². The van der Waals surface area contributed by atoms with Crippen LogP contribution < -0.4 is 14.8 Å². The highest BCUT2D eigenvalue weighted by molar-refractivity contribution is 7.89. The van der Waals surface area contributed by atoms with Gasteiger partial charge in [0.15, 0.2) is 6.61 Å². The third-order valence-electron chi connectivity index (χ3n) is 7.13. The van der Waals surface area contributed by atoms with E-state index in [1.165, 1.54) is 33.5 Å². The Labute approximate surface area is 253 Å². The Hall–Kier alpha value is -3.93. The van der Waals surface area contributed by atoms with Crippen molar-refractivity contribution >= 4 is 21.8 Å². The molecule has 1 saturated heterocycles. The first-order valence-electron chi connectivity index (χ1n) is 14.4. The highest BCUT2D eigenvalue weighted by Gasteiger charge is 2.31. The molecule has 0 radical (unpaired) electrons. The summed E-state index contributed by atoms with van der Waals surface area (Å²) in [5.41, 5.74) is 1.75. The summed E-state index contributed by atoms with van der Waals surface area (Å²) in [7, 11) is -2.07. The van der Waals surface area contributed by atoms with Gasteiger partial charge in [-0.2, -0.15) is 4.31 Å². The Balaban J connectivity index is 1.54. The number of nitrogens with zero attached hydrogens (tertiary/aromatic N) is 2. The second kappa shape index (κ2) is 15.5. The minimum absolute atomic E-state index is 0.143. The Kier molecular flexibility index (Phi) is 11.5. The number of sulfonamides is 1. The Morgan fingerprint density at radius 1 is 0.930 bits per heavy atom. The number of ether oxygens (including phenoxy) is 3. The summed E-state index contributed by atoms with van der Waals surface area (Å²) in [4.78, 5) is 28.9. The van der Waals surface area contributed by atoms with Gasteiger partial charge in [0.25, 0.3) is 5.91 Å². The smallest absolute Gasteiger partial charge is 0.261 e. The highest BCUT2D eigenvalue weighted by atomic mass is 32.2. The van der Waals surface area contributed by atoms with Crippen LogP contribution in [0.5, 0.6) is 11.5 Å². The molecule has 0 unspecified atom stereocenters. The van der Waals surface area contributed by atoms with Gasteiger partial charge in [0.05, 0.1) is 25.2 Å². The van der Waals surface area contributed by atoms with E-state index in [2.05, 4.69) is 5.32 Å². The summed E-state index contributed by atoms with van der Waals surface area (Å²) in [5, 5.41) is 2.95. The van der Waals surface area contributed by atoms with Crippen molar-refractivity contribution in [3.8, 4) is 11.5 Å². The van der Waals surface area contributed by atoms with Gasteiger partial charge < -0.3 is 24.4 Å². The fourth-order valence-corrected chi connectivity index (χ4v) is 6.13. The lowest BCUT2D eigenvalue weighted by Crippen LogP contribution is -2.51. The molecule has 1 atom stereocenters. The number of nitrogens with one attached hydrogen (secondary N) is 1. The molecule has 1 heterocycles. The maximum atomic E-state index is 13.8. The van der Waals surface area contributed by atoms with Crippen molar-refractivity contribution in [1.82, 2.24) is 14.5 Å². The second-order valence-corrected chi connectivity index (χ2v) is 12.1. The van der Waals surface area contributed by atoms with Crippen LogP contribution >= 0.6 is 0 Å². The highest BCUT2D eigenvalue weighted by Crippen LogP contribution is 2.22. The van der Waals surface area contributed by atoms with Crippen LogP contribution in [-0.4, -0.2) is 82.0 Å². The van der Waals surface area contributed by atoms with Crippen LogP contribution in [0.4, 0.5) is 0 Å². The predicted octanol–water partition coefficient (Wildman–Crippen LogP) is 3.26. The van der Waals surface area contributed by atoms with E-state index in [4.69, 9.17) is 14.2 Å². The number of hydrogen-bond acceptors (Lipinski definition) is 7. The molecule has 230 valence electrons. The van der Waals surface area contributed by atoms with Crippen molar-refractivity contribution in [3.63, 3.8) is 0 Å². The van der Waals surface area contributed by atoms with E-state index >= 15 is 0 Å².